The number of carbonyl (C=O) groups excluding carboxylic acids is 2. The number of aromatic nitrogens is 1. The van der Waals surface area contributed by atoms with Gasteiger partial charge in [-0.25, -0.2) is 9.78 Å². The predicted molar refractivity (Wildman–Crippen MR) is 87.1 cm³/mol. The molecule has 1 unspecified atom stereocenters. The topological polar surface area (TPSA) is 108 Å². The first-order valence-electron chi connectivity index (χ1n) is 6.71. The van der Waals surface area contributed by atoms with Gasteiger partial charge in [0.2, 0.25) is 0 Å². The van der Waals surface area contributed by atoms with E-state index < -0.39 is 17.9 Å². The Labute approximate surface area is 136 Å². The van der Waals surface area contributed by atoms with Gasteiger partial charge in [-0.2, -0.15) is 0 Å². The Kier molecular flexibility index (Phi) is 5.07. The number of benzene rings is 1. The second-order valence-electron chi connectivity index (χ2n) is 4.76. The number of aryl methyl sites for hydroxylation is 2. The highest BCUT2D eigenvalue weighted by atomic mass is 32.1. The first-order chi connectivity index (χ1) is 10.9. The van der Waals surface area contributed by atoms with Crippen molar-refractivity contribution < 1.29 is 19.5 Å². The van der Waals surface area contributed by atoms with Crippen LogP contribution >= 0.6 is 11.3 Å². The molecule has 1 aromatic carbocycles. The Balaban J connectivity index is 2.23. The summed E-state index contributed by atoms with van der Waals surface area (Å²) >= 11 is 1.35. The molecule has 2 rings (SSSR count). The van der Waals surface area contributed by atoms with Crippen molar-refractivity contribution in [1.82, 2.24) is 4.98 Å². The molecule has 0 fully saturated rings. The number of rotatable bonds is 6. The van der Waals surface area contributed by atoms with E-state index in [1.807, 2.05) is 13.8 Å². The van der Waals surface area contributed by atoms with Gasteiger partial charge >= 0.3 is 5.97 Å². The molecule has 2 aromatic rings. The summed E-state index contributed by atoms with van der Waals surface area (Å²) in [6, 6.07) is 4.94. The van der Waals surface area contributed by atoms with E-state index >= 15 is 0 Å². The van der Waals surface area contributed by atoms with Crippen molar-refractivity contribution in [1.29, 1.82) is 0 Å². The van der Waals surface area contributed by atoms with E-state index in [9.17, 15) is 14.4 Å². The summed E-state index contributed by atoms with van der Waals surface area (Å²) in [5.74, 6) is -1.75. The second kappa shape index (κ2) is 7.01. The standard InChI is InChI=1S/C15H15N3O4S/c1-8-9(2)23-15(16-8)18-13(20)10-5-3-4-6-11(10)17-12(7-19)14(21)22/h3-7,12,17H,1-2H3,(H,21,22)(H,16,18,20). The van der Waals surface area contributed by atoms with Crippen molar-refractivity contribution in [3.8, 4) is 0 Å². The lowest BCUT2D eigenvalue weighted by molar-refractivity contribution is -0.139. The average Bonchev–Trinajstić information content (AvgIpc) is 2.82. The number of hydrogen-bond acceptors (Lipinski definition) is 6. The summed E-state index contributed by atoms with van der Waals surface area (Å²) in [5.41, 5.74) is 1.32. The zero-order chi connectivity index (χ0) is 17.0. The number of amides is 1. The molecule has 0 spiro atoms. The molecule has 0 aliphatic carbocycles. The SMILES string of the molecule is Cc1nc(NC(=O)c2ccccc2NC(C=O)C(=O)O)sc1C. The first-order valence-corrected chi connectivity index (χ1v) is 7.53. The third kappa shape index (κ3) is 3.92. The molecule has 0 aliphatic heterocycles. The third-order valence-electron chi connectivity index (χ3n) is 3.13. The zero-order valence-corrected chi connectivity index (χ0v) is 13.3. The van der Waals surface area contributed by atoms with Crippen LogP contribution in [0.5, 0.6) is 0 Å². The minimum absolute atomic E-state index is 0.228. The van der Waals surface area contributed by atoms with Gasteiger partial charge in [0, 0.05) is 10.6 Å². The lowest BCUT2D eigenvalue weighted by Crippen LogP contribution is -2.31. The minimum atomic E-state index is -1.42. The van der Waals surface area contributed by atoms with Crippen molar-refractivity contribution in [2.24, 2.45) is 0 Å². The van der Waals surface area contributed by atoms with Gasteiger partial charge in [0.15, 0.2) is 17.5 Å². The molecule has 1 atom stereocenters. The summed E-state index contributed by atoms with van der Waals surface area (Å²) in [5, 5.41) is 14.6. The highest BCUT2D eigenvalue weighted by molar-refractivity contribution is 7.15. The van der Waals surface area contributed by atoms with Crippen molar-refractivity contribution in [2.75, 3.05) is 10.6 Å². The van der Waals surface area contributed by atoms with Crippen LogP contribution in [0.1, 0.15) is 20.9 Å². The number of aliphatic carboxylic acids is 1. The van der Waals surface area contributed by atoms with E-state index in [2.05, 4.69) is 15.6 Å². The smallest absolute Gasteiger partial charge is 0.333 e. The van der Waals surface area contributed by atoms with Crippen LogP contribution in [0.3, 0.4) is 0 Å². The van der Waals surface area contributed by atoms with E-state index in [0.29, 0.717) is 5.13 Å². The summed E-state index contributed by atoms with van der Waals surface area (Å²) in [7, 11) is 0. The molecule has 0 saturated heterocycles. The van der Waals surface area contributed by atoms with Crippen LogP contribution in [0.4, 0.5) is 10.8 Å². The minimum Gasteiger partial charge on any atom is -0.479 e. The highest BCUT2D eigenvalue weighted by Crippen LogP contribution is 2.23. The first kappa shape index (κ1) is 16.6. The number of nitrogens with zero attached hydrogens (tertiary/aromatic N) is 1. The van der Waals surface area contributed by atoms with E-state index in [-0.39, 0.29) is 17.5 Å². The number of anilines is 2. The molecule has 23 heavy (non-hydrogen) atoms. The Morgan fingerprint density at radius 2 is 2.00 bits per heavy atom. The molecule has 7 nitrogen and oxygen atoms in total. The van der Waals surface area contributed by atoms with Gasteiger partial charge in [0.1, 0.15) is 0 Å². The Bertz CT molecular complexity index is 737. The molecule has 120 valence electrons. The zero-order valence-electron chi connectivity index (χ0n) is 12.5. The van der Waals surface area contributed by atoms with Crippen LogP contribution in [0.2, 0.25) is 0 Å². The maximum absolute atomic E-state index is 12.4. The van der Waals surface area contributed by atoms with E-state index in [4.69, 9.17) is 5.11 Å². The highest BCUT2D eigenvalue weighted by Gasteiger charge is 2.20. The van der Waals surface area contributed by atoms with Gasteiger partial charge in [0.05, 0.1) is 11.3 Å². The van der Waals surface area contributed by atoms with Crippen molar-refractivity contribution >= 4 is 40.3 Å². The normalized spacial score (nSPS) is 11.6. The van der Waals surface area contributed by atoms with Gasteiger partial charge in [-0.15, -0.1) is 11.3 Å². The monoisotopic (exact) mass is 333 g/mol. The van der Waals surface area contributed by atoms with Crippen molar-refractivity contribution in [3.05, 3.63) is 40.4 Å². The number of thiazole rings is 1. The Hall–Kier alpha value is -2.74. The Morgan fingerprint density at radius 1 is 1.30 bits per heavy atom. The van der Waals surface area contributed by atoms with Crippen LogP contribution < -0.4 is 10.6 Å². The van der Waals surface area contributed by atoms with Crippen LogP contribution in [0.15, 0.2) is 24.3 Å². The number of aldehydes is 1. The molecule has 1 aromatic heterocycles. The summed E-state index contributed by atoms with van der Waals surface area (Å²) in [6.07, 6.45) is 0.268. The van der Waals surface area contributed by atoms with Gasteiger partial charge in [-0.3, -0.25) is 10.1 Å². The lowest BCUT2D eigenvalue weighted by Gasteiger charge is -2.13. The molecule has 0 aliphatic rings. The maximum atomic E-state index is 12.4. The third-order valence-corrected chi connectivity index (χ3v) is 4.12. The molecule has 1 amide bonds. The molecule has 8 heteroatoms. The summed E-state index contributed by atoms with van der Waals surface area (Å²) in [4.78, 5) is 39.4. The molecular formula is C15H15N3O4S. The maximum Gasteiger partial charge on any atom is 0.333 e. The number of carboxylic acids is 1. The number of nitrogens with one attached hydrogen (secondary N) is 2. The largest absolute Gasteiger partial charge is 0.479 e. The quantitative estimate of drug-likeness (QED) is 0.552. The Morgan fingerprint density at radius 3 is 2.57 bits per heavy atom. The fourth-order valence-corrected chi connectivity index (χ4v) is 2.63. The summed E-state index contributed by atoms with van der Waals surface area (Å²) < 4.78 is 0. The lowest BCUT2D eigenvalue weighted by atomic mass is 10.1. The number of carbonyl (C=O) groups is 3. The molecule has 0 bridgehead atoms. The van der Waals surface area contributed by atoms with Gasteiger partial charge in [0.25, 0.3) is 5.91 Å². The number of carboxylic acid groups (broad SMARTS) is 1. The number of hydrogen-bond donors (Lipinski definition) is 3. The van der Waals surface area contributed by atoms with Gasteiger partial charge in [-0.05, 0) is 26.0 Å². The van der Waals surface area contributed by atoms with Gasteiger partial charge < -0.3 is 15.2 Å². The second-order valence-corrected chi connectivity index (χ2v) is 5.96. The fourth-order valence-electron chi connectivity index (χ4n) is 1.82. The molecule has 0 radical (unpaired) electrons. The average molecular weight is 333 g/mol. The number of para-hydroxylation sites is 1. The van der Waals surface area contributed by atoms with E-state index in [0.717, 1.165) is 10.6 Å². The van der Waals surface area contributed by atoms with Crippen LogP contribution in [-0.2, 0) is 9.59 Å². The van der Waals surface area contributed by atoms with Crippen LogP contribution in [0, 0.1) is 13.8 Å². The van der Waals surface area contributed by atoms with E-state index in [1.165, 1.54) is 23.5 Å². The summed E-state index contributed by atoms with van der Waals surface area (Å²) in [6.45, 7) is 3.75. The molecule has 1 heterocycles. The molecule has 0 saturated carbocycles. The van der Waals surface area contributed by atoms with Crippen molar-refractivity contribution in [3.63, 3.8) is 0 Å². The van der Waals surface area contributed by atoms with Gasteiger partial charge in [-0.1, -0.05) is 12.1 Å². The molecular weight excluding hydrogens is 318 g/mol. The van der Waals surface area contributed by atoms with Crippen molar-refractivity contribution in [2.45, 2.75) is 19.9 Å². The molecule has 3 N–H and O–H groups in total. The van der Waals surface area contributed by atoms with Crippen LogP contribution in [-0.4, -0.2) is 34.3 Å². The van der Waals surface area contributed by atoms with E-state index in [1.54, 1.807) is 12.1 Å². The predicted octanol–water partition coefficient (Wildman–Crippen LogP) is 2.08. The van der Waals surface area contributed by atoms with Crippen LogP contribution in [0.25, 0.3) is 0 Å². The fraction of sp³-hybridized carbons (Fsp3) is 0.200.